The minimum atomic E-state index is -5.20. The number of benzene rings is 2. The van der Waals surface area contributed by atoms with E-state index in [2.05, 4.69) is 5.32 Å². The molecule has 3 rings (SSSR count). The van der Waals surface area contributed by atoms with Crippen LogP contribution in [-0.4, -0.2) is 97.4 Å². The van der Waals surface area contributed by atoms with Gasteiger partial charge in [-0.3, -0.25) is 0 Å². The van der Waals surface area contributed by atoms with Gasteiger partial charge < -0.3 is 34.9 Å². The maximum atomic E-state index is 13.6. The molecule has 40 heavy (non-hydrogen) atoms. The molecule has 4 N–H and O–H groups in total. The fraction of sp³-hybridized carbons (Fsp3) is 0.480. The largest absolute Gasteiger partial charge is 1.00 e. The fourth-order valence-electron chi connectivity index (χ4n) is 4.23. The maximum Gasteiger partial charge on any atom is 1.00 e. The Balaban J connectivity index is 0.00000400. The molecule has 1 fully saturated rings. The van der Waals surface area contributed by atoms with E-state index >= 15 is 0 Å². The normalized spacial score (nSPS) is 18.2. The summed E-state index contributed by atoms with van der Waals surface area (Å²) in [5.74, 6) is -0.170. The van der Waals surface area contributed by atoms with E-state index in [-0.39, 0.29) is 89.5 Å². The summed E-state index contributed by atoms with van der Waals surface area (Å²) in [6.07, 6.45) is -0.854. The molecule has 2 aromatic rings. The first kappa shape index (κ1) is 37.6. The number of ether oxygens (including phenoxy) is 2. The molecular weight excluding hydrogens is 579 g/mol. The number of sulfonamides is 1. The summed E-state index contributed by atoms with van der Waals surface area (Å²) in [5, 5.41) is 2.57. The summed E-state index contributed by atoms with van der Waals surface area (Å²) >= 11 is 0. The van der Waals surface area contributed by atoms with E-state index in [0.29, 0.717) is 24.3 Å². The number of rotatable bonds is 12. The van der Waals surface area contributed by atoms with Gasteiger partial charge in [-0.1, -0.05) is 44.2 Å². The van der Waals surface area contributed by atoms with Gasteiger partial charge in [0.1, 0.15) is 13.7 Å². The van der Waals surface area contributed by atoms with Gasteiger partial charge in [0.05, 0.1) is 23.8 Å². The van der Waals surface area contributed by atoms with Gasteiger partial charge >= 0.3 is 35.7 Å². The van der Waals surface area contributed by atoms with Crippen molar-refractivity contribution in [3.63, 3.8) is 0 Å². The molecule has 11 nitrogen and oxygen atoms in total. The van der Waals surface area contributed by atoms with Crippen LogP contribution in [0.3, 0.4) is 0 Å². The number of hydrogen-bond acceptors (Lipinski definition) is 8. The Kier molecular flexibility index (Phi) is 15.9. The van der Waals surface area contributed by atoms with Crippen LogP contribution in [0.2, 0.25) is 0 Å². The molecule has 1 heterocycles. The zero-order valence-corrected chi connectivity index (χ0v) is 29.1. The molecule has 1 aliphatic heterocycles. The molecule has 0 aromatic heterocycles. The topological polar surface area (TPSA) is 171 Å². The number of amides is 1. The van der Waals surface area contributed by atoms with Crippen LogP contribution in [0.15, 0.2) is 59.5 Å². The summed E-state index contributed by atoms with van der Waals surface area (Å²) in [5.41, 5.74) is 5.08. The van der Waals surface area contributed by atoms with E-state index in [0.717, 1.165) is 4.31 Å². The predicted octanol–water partition coefficient (Wildman–Crippen LogP) is -1.42. The van der Waals surface area contributed by atoms with Crippen molar-refractivity contribution in [2.24, 2.45) is 5.92 Å². The summed E-state index contributed by atoms with van der Waals surface area (Å²) in [4.78, 5) is 35.7. The third kappa shape index (κ3) is 11.3. The van der Waals surface area contributed by atoms with E-state index in [1.807, 2.05) is 0 Å². The van der Waals surface area contributed by atoms with Crippen molar-refractivity contribution < 1.29 is 66.6 Å². The van der Waals surface area contributed by atoms with Gasteiger partial charge in [-0.2, -0.15) is 4.31 Å². The number of carbonyl (C=O) groups is 1. The SMILES string of the molecule is CC(C)CN(C[C@H]([C@H](Cc1ccccc1)NC(=O)O[C@H]1CCOC1)P(=O)([O-])O)S(=O)(=O)c1ccc(N)cc1.[Na+].[Na]. The van der Waals surface area contributed by atoms with Crippen LogP contribution in [0.1, 0.15) is 25.8 Å². The van der Waals surface area contributed by atoms with Gasteiger partial charge in [0.15, 0.2) is 0 Å². The molecule has 0 spiro atoms. The number of nitrogens with two attached hydrogens (primary N) is 1. The molecule has 0 saturated carbocycles. The number of nitrogens with zero attached hydrogens (tertiary/aromatic N) is 1. The van der Waals surface area contributed by atoms with Crippen molar-refractivity contribution in [2.45, 2.75) is 49.4 Å². The van der Waals surface area contributed by atoms with Crippen LogP contribution in [0, 0.1) is 5.92 Å². The first-order chi connectivity index (χ1) is 17.9. The monoisotopic (exact) mass is 614 g/mol. The van der Waals surface area contributed by atoms with Crippen molar-refractivity contribution >= 4 is 59.0 Å². The van der Waals surface area contributed by atoms with Gasteiger partial charge in [0, 0.05) is 60.8 Å². The average molecular weight is 615 g/mol. The van der Waals surface area contributed by atoms with Gasteiger partial charge in [0.2, 0.25) is 10.0 Å². The molecule has 2 aromatic carbocycles. The van der Waals surface area contributed by atoms with Crippen LogP contribution in [0.25, 0.3) is 0 Å². The molecule has 1 amide bonds. The number of carbonyl (C=O) groups excluding carboxylic acids is 1. The summed E-state index contributed by atoms with van der Waals surface area (Å²) in [6, 6.07) is 13.1. The fourth-order valence-corrected chi connectivity index (χ4v) is 7.01. The van der Waals surface area contributed by atoms with Gasteiger partial charge in [-0.25, -0.2) is 13.2 Å². The minimum Gasteiger partial charge on any atom is -0.778 e. The summed E-state index contributed by atoms with van der Waals surface area (Å²) in [7, 11) is -9.37. The second-order valence-corrected chi connectivity index (χ2v) is 13.5. The molecule has 1 unspecified atom stereocenters. The van der Waals surface area contributed by atoms with Crippen molar-refractivity contribution in [3.05, 3.63) is 60.2 Å². The minimum absolute atomic E-state index is 0. The number of nitrogens with one attached hydrogen (secondary N) is 1. The predicted molar refractivity (Wildman–Crippen MR) is 147 cm³/mol. The Morgan fingerprint density at radius 1 is 1.20 bits per heavy atom. The van der Waals surface area contributed by atoms with E-state index in [9.17, 15) is 27.6 Å². The molecule has 1 radical (unpaired) electrons. The van der Waals surface area contributed by atoms with Crippen molar-refractivity contribution in [3.8, 4) is 0 Å². The standard InChI is InChI=1S/C25H36N3O8PS.2Na/c1-18(2)15-28(38(33,34)22-10-8-20(26)9-11-22)16-24(37(30,31)32)23(14-19-6-4-3-5-7-19)27-25(29)36-21-12-13-35-17-21;;/h3-11,18,21,23-24H,12-17,26H2,1-2H3,(H,27,29)(H2,30,31,32);;/q;;+1/p-1/t21-,23-,24+;;/m0../s1. The van der Waals surface area contributed by atoms with E-state index < -0.39 is 48.1 Å². The molecule has 211 valence electrons. The van der Waals surface area contributed by atoms with Gasteiger partial charge in [0.25, 0.3) is 0 Å². The Morgan fingerprint density at radius 2 is 1.82 bits per heavy atom. The smallest absolute Gasteiger partial charge is 0.778 e. The van der Waals surface area contributed by atoms with Crippen LogP contribution in [0.4, 0.5) is 10.5 Å². The van der Waals surface area contributed by atoms with E-state index in [4.69, 9.17) is 15.2 Å². The van der Waals surface area contributed by atoms with Crippen molar-refractivity contribution in [1.82, 2.24) is 9.62 Å². The van der Waals surface area contributed by atoms with Crippen LogP contribution < -0.4 is 45.5 Å². The third-order valence-electron chi connectivity index (χ3n) is 6.12. The second kappa shape index (κ2) is 17.0. The number of anilines is 1. The van der Waals surface area contributed by atoms with Crippen LogP contribution in [0.5, 0.6) is 0 Å². The van der Waals surface area contributed by atoms with Gasteiger partial charge in [-0.15, -0.1) is 0 Å². The van der Waals surface area contributed by atoms with Crippen LogP contribution in [-0.2, 0) is 30.5 Å². The Morgan fingerprint density at radius 3 is 2.35 bits per heavy atom. The number of alkyl carbamates (subject to hydrolysis) is 1. The average Bonchev–Trinajstić information content (AvgIpc) is 3.34. The molecule has 1 saturated heterocycles. The molecule has 15 heteroatoms. The third-order valence-corrected chi connectivity index (χ3v) is 9.33. The Labute approximate surface area is 280 Å². The quantitative estimate of drug-likeness (QED) is 0.147. The second-order valence-electron chi connectivity index (χ2n) is 9.75. The molecule has 4 atom stereocenters. The molecular formula is C25H35N3Na2O8PS. The zero-order chi connectivity index (χ0) is 27.9. The molecule has 0 aliphatic carbocycles. The van der Waals surface area contributed by atoms with E-state index in [1.54, 1.807) is 44.2 Å². The summed E-state index contributed by atoms with van der Waals surface area (Å²) < 4.78 is 51.5. The maximum absolute atomic E-state index is 13.6. The summed E-state index contributed by atoms with van der Waals surface area (Å²) in [6.45, 7) is 3.63. The zero-order valence-electron chi connectivity index (χ0n) is 23.4. The van der Waals surface area contributed by atoms with Crippen molar-refractivity contribution in [2.75, 3.05) is 32.0 Å². The molecule has 1 aliphatic rings. The van der Waals surface area contributed by atoms with E-state index in [1.165, 1.54) is 24.3 Å². The number of nitrogen functional groups attached to an aromatic ring is 1. The molecule has 0 bridgehead atoms. The number of hydrogen-bond donors (Lipinski definition) is 3. The van der Waals surface area contributed by atoms with Crippen molar-refractivity contribution in [1.29, 1.82) is 0 Å². The Hall–Kier alpha value is -0.470. The first-order valence-corrected chi connectivity index (χ1v) is 15.4. The Bertz CT molecular complexity index is 1210. The van der Waals surface area contributed by atoms with Crippen LogP contribution >= 0.6 is 7.60 Å². The first-order valence-electron chi connectivity index (χ1n) is 12.3. The van der Waals surface area contributed by atoms with Gasteiger partial charge in [-0.05, 0) is 42.2 Å².